The summed E-state index contributed by atoms with van der Waals surface area (Å²) in [5.74, 6) is 0.0493. The number of rotatable bonds is 4. The van der Waals surface area contributed by atoms with Crippen molar-refractivity contribution in [2.45, 2.75) is 31.9 Å². The second-order valence-electron chi connectivity index (χ2n) is 4.30. The quantitative estimate of drug-likeness (QED) is 0.686. The van der Waals surface area contributed by atoms with E-state index < -0.39 is 0 Å². The van der Waals surface area contributed by atoms with Crippen molar-refractivity contribution in [3.05, 3.63) is 0 Å². The highest BCUT2D eigenvalue weighted by Crippen LogP contribution is 2.11. The van der Waals surface area contributed by atoms with Crippen LogP contribution < -0.4 is 11.1 Å². The molecular weight excluding hydrogens is 206 g/mol. The monoisotopic (exact) mass is 229 g/mol. The van der Waals surface area contributed by atoms with Crippen LogP contribution >= 0.6 is 0 Å². The van der Waals surface area contributed by atoms with Gasteiger partial charge in [0.2, 0.25) is 5.91 Å². The van der Waals surface area contributed by atoms with Crippen LogP contribution in [0.5, 0.6) is 0 Å². The molecule has 5 heteroatoms. The molecule has 0 bridgehead atoms. The van der Waals surface area contributed by atoms with Gasteiger partial charge >= 0.3 is 0 Å². The van der Waals surface area contributed by atoms with Crippen molar-refractivity contribution in [2.75, 3.05) is 33.3 Å². The summed E-state index contributed by atoms with van der Waals surface area (Å²) >= 11 is 0. The molecule has 1 saturated heterocycles. The number of nitrogens with zero attached hydrogens (tertiary/aromatic N) is 1. The zero-order valence-electron chi connectivity index (χ0n) is 10.2. The maximum atomic E-state index is 11.4. The van der Waals surface area contributed by atoms with E-state index in [4.69, 9.17) is 10.5 Å². The Balaban J connectivity index is 2.52. The topological polar surface area (TPSA) is 67.6 Å². The van der Waals surface area contributed by atoms with Gasteiger partial charge in [0, 0.05) is 45.8 Å². The molecule has 0 aromatic rings. The van der Waals surface area contributed by atoms with Crippen molar-refractivity contribution in [1.82, 2.24) is 10.2 Å². The lowest BCUT2D eigenvalue weighted by Crippen LogP contribution is -2.45. The Bertz CT molecular complexity index is 223. The van der Waals surface area contributed by atoms with E-state index in [9.17, 15) is 4.79 Å². The molecule has 0 saturated carbocycles. The van der Waals surface area contributed by atoms with Gasteiger partial charge in [0.05, 0.1) is 6.10 Å². The van der Waals surface area contributed by atoms with Gasteiger partial charge in [-0.25, -0.2) is 0 Å². The van der Waals surface area contributed by atoms with Crippen molar-refractivity contribution in [2.24, 2.45) is 5.73 Å². The molecule has 0 aromatic heterocycles. The Hall–Kier alpha value is -0.650. The van der Waals surface area contributed by atoms with Crippen molar-refractivity contribution >= 4 is 5.91 Å². The van der Waals surface area contributed by atoms with E-state index in [1.54, 1.807) is 7.05 Å². The molecule has 0 aliphatic carbocycles. The Labute approximate surface area is 97.3 Å². The molecular formula is C11H23N3O2. The third-order valence-corrected chi connectivity index (χ3v) is 2.97. The minimum absolute atomic E-state index is 0.0493. The molecule has 94 valence electrons. The van der Waals surface area contributed by atoms with Crippen LogP contribution in [0.4, 0.5) is 0 Å². The summed E-state index contributed by atoms with van der Waals surface area (Å²) in [6.07, 6.45) is 1.70. The third-order valence-electron chi connectivity index (χ3n) is 2.97. The predicted octanol–water partition coefficient (Wildman–Crippen LogP) is -0.439. The van der Waals surface area contributed by atoms with E-state index in [0.717, 1.165) is 26.1 Å². The maximum Gasteiger partial charge on any atom is 0.221 e. The summed E-state index contributed by atoms with van der Waals surface area (Å²) in [6, 6.07) is 0.129. The number of carbonyl (C=O) groups excluding carboxylic acids is 1. The van der Waals surface area contributed by atoms with Gasteiger partial charge in [-0.1, -0.05) is 0 Å². The first-order chi connectivity index (χ1) is 7.67. The minimum atomic E-state index is 0.0493. The van der Waals surface area contributed by atoms with Gasteiger partial charge in [0.25, 0.3) is 0 Å². The third kappa shape index (κ3) is 4.08. The van der Waals surface area contributed by atoms with Crippen LogP contribution in [0.15, 0.2) is 0 Å². The average Bonchev–Trinajstić information content (AvgIpc) is 2.50. The lowest BCUT2D eigenvalue weighted by Gasteiger charge is -2.30. The zero-order chi connectivity index (χ0) is 12.0. The van der Waals surface area contributed by atoms with Crippen LogP contribution in [-0.2, 0) is 9.53 Å². The summed E-state index contributed by atoms with van der Waals surface area (Å²) in [4.78, 5) is 13.6. The average molecular weight is 229 g/mol. The number of hydrogen-bond acceptors (Lipinski definition) is 4. The Morgan fingerprint density at radius 3 is 3.06 bits per heavy atom. The molecule has 1 aliphatic heterocycles. The standard InChI is InChI=1S/C11H23N3O2/c1-9-8-14(4-3-5-16-9)10(7-12)6-11(15)13-2/h9-10H,3-8,12H2,1-2H3,(H,13,15). The van der Waals surface area contributed by atoms with E-state index in [-0.39, 0.29) is 18.1 Å². The highest BCUT2D eigenvalue weighted by atomic mass is 16.5. The molecule has 2 atom stereocenters. The smallest absolute Gasteiger partial charge is 0.221 e. The summed E-state index contributed by atoms with van der Waals surface area (Å²) in [5.41, 5.74) is 5.74. The molecule has 1 fully saturated rings. The highest BCUT2D eigenvalue weighted by Gasteiger charge is 2.23. The van der Waals surface area contributed by atoms with Gasteiger partial charge in [0.1, 0.15) is 0 Å². The maximum absolute atomic E-state index is 11.4. The van der Waals surface area contributed by atoms with E-state index in [0.29, 0.717) is 13.0 Å². The fraction of sp³-hybridized carbons (Fsp3) is 0.909. The molecule has 3 N–H and O–H groups in total. The Morgan fingerprint density at radius 1 is 1.69 bits per heavy atom. The van der Waals surface area contributed by atoms with Gasteiger partial charge in [-0.3, -0.25) is 9.69 Å². The van der Waals surface area contributed by atoms with Gasteiger partial charge in [-0.2, -0.15) is 0 Å². The first-order valence-corrected chi connectivity index (χ1v) is 5.93. The summed E-state index contributed by atoms with van der Waals surface area (Å²) in [7, 11) is 1.66. The SMILES string of the molecule is CNC(=O)CC(CN)N1CCCOC(C)C1. The molecule has 5 nitrogen and oxygen atoms in total. The van der Waals surface area contributed by atoms with Gasteiger partial charge in [-0.15, -0.1) is 0 Å². The predicted molar refractivity (Wildman–Crippen MR) is 63.1 cm³/mol. The van der Waals surface area contributed by atoms with Crippen molar-refractivity contribution in [3.8, 4) is 0 Å². The van der Waals surface area contributed by atoms with E-state index in [1.807, 2.05) is 0 Å². The van der Waals surface area contributed by atoms with E-state index in [2.05, 4.69) is 17.1 Å². The molecule has 16 heavy (non-hydrogen) atoms. The van der Waals surface area contributed by atoms with Crippen LogP contribution in [0, 0.1) is 0 Å². The summed E-state index contributed by atoms with van der Waals surface area (Å²) in [5, 5.41) is 2.64. The summed E-state index contributed by atoms with van der Waals surface area (Å²) in [6.45, 7) is 5.20. The first kappa shape index (κ1) is 13.4. The lowest BCUT2D eigenvalue weighted by atomic mass is 10.1. The zero-order valence-corrected chi connectivity index (χ0v) is 10.2. The van der Waals surface area contributed by atoms with Gasteiger partial charge < -0.3 is 15.8 Å². The number of hydrogen-bond donors (Lipinski definition) is 2. The van der Waals surface area contributed by atoms with Crippen LogP contribution in [0.1, 0.15) is 19.8 Å². The van der Waals surface area contributed by atoms with E-state index >= 15 is 0 Å². The van der Waals surface area contributed by atoms with Gasteiger partial charge in [0.15, 0.2) is 0 Å². The molecule has 2 unspecified atom stereocenters. The molecule has 0 radical (unpaired) electrons. The van der Waals surface area contributed by atoms with E-state index in [1.165, 1.54) is 0 Å². The fourth-order valence-electron chi connectivity index (χ4n) is 2.04. The van der Waals surface area contributed by atoms with Crippen molar-refractivity contribution < 1.29 is 9.53 Å². The van der Waals surface area contributed by atoms with Gasteiger partial charge in [-0.05, 0) is 13.3 Å². The number of ether oxygens (including phenoxy) is 1. The normalized spacial score (nSPS) is 24.8. The fourth-order valence-corrected chi connectivity index (χ4v) is 2.04. The van der Waals surface area contributed by atoms with Crippen LogP contribution in [-0.4, -0.2) is 56.2 Å². The second-order valence-corrected chi connectivity index (χ2v) is 4.30. The molecule has 1 aliphatic rings. The lowest BCUT2D eigenvalue weighted by molar-refractivity contribution is -0.121. The Morgan fingerprint density at radius 2 is 2.44 bits per heavy atom. The molecule has 1 heterocycles. The minimum Gasteiger partial charge on any atom is -0.377 e. The molecule has 1 rings (SSSR count). The summed E-state index contributed by atoms with van der Waals surface area (Å²) < 4.78 is 5.58. The number of amides is 1. The largest absolute Gasteiger partial charge is 0.377 e. The molecule has 1 amide bonds. The number of nitrogens with one attached hydrogen (secondary N) is 1. The second kappa shape index (κ2) is 6.83. The number of nitrogens with two attached hydrogens (primary N) is 1. The van der Waals surface area contributed by atoms with Crippen molar-refractivity contribution in [3.63, 3.8) is 0 Å². The van der Waals surface area contributed by atoms with Crippen LogP contribution in [0.25, 0.3) is 0 Å². The van der Waals surface area contributed by atoms with Crippen LogP contribution in [0.3, 0.4) is 0 Å². The molecule has 0 aromatic carbocycles. The Kier molecular flexibility index (Phi) is 5.73. The van der Waals surface area contributed by atoms with Crippen molar-refractivity contribution in [1.29, 1.82) is 0 Å². The highest BCUT2D eigenvalue weighted by molar-refractivity contribution is 5.76. The number of carbonyl (C=O) groups is 1. The van der Waals surface area contributed by atoms with Crippen LogP contribution in [0.2, 0.25) is 0 Å². The first-order valence-electron chi connectivity index (χ1n) is 5.93. The molecule has 0 spiro atoms.